The van der Waals surface area contributed by atoms with E-state index in [9.17, 15) is 14.4 Å². The third-order valence-electron chi connectivity index (χ3n) is 3.71. The highest BCUT2D eigenvalue weighted by Gasteiger charge is 2.11. The Morgan fingerprint density at radius 3 is 2.04 bits per heavy atom. The molecule has 9 heteroatoms. The number of phosphoric ester groups is 1. The van der Waals surface area contributed by atoms with E-state index in [0.29, 0.717) is 5.75 Å². The molecule has 1 aromatic rings. The summed E-state index contributed by atoms with van der Waals surface area (Å²) < 4.78 is 25.4. The molecular formula is C18H37N2O6P. The van der Waals surface area contributed by atoms with Crippen LogP contribution in [0, 0.1) is 0 Å². The first-order chi connectivity index (χ1) is 11.8. The van der Waals surface area contributed by atoms with Crippen LogP contribution in [0.5, 0.6) is 5.75 Å². The average molecular weight is 408 g/mol. The van der Waals surface area contributed by atoms with Crippen LogP contribution >= 0.6 is 7.82 Å². The molecule has 0 aliphatic carbocycles. The fourth-order valence-electron chi connectivity index (χ4n) is 2.54. The van der Waals surface area contributed by atoms with Gasteiger partial charge in [0.05, 0.1) is 7.82 Å². The molecule has 8 nitrogen and oxygen atoms in total. The molecule has 2 unspecified atom stereocenters. The van der Waals surface area contributed by atoms with Gasteiger partial charge >= 0.3 is 0 Å². The Hall–Kier alpha value is -0.990. The van der Waals surface area contributed by atoms with Crippen molar-refractivity contribution in [1.82, 2.24) is 12.3 Å². The molecule has 0 saturated carbocycles. The predicted molar refractivity (Wildman–Crippen MR) is 105 cm³/mol. The van der Waals surface area contributed by atoms with Gasteiger partial charge in [-0.15, -0.1) is 0 Å². The Labute approximate surface area is 163 Å². The highest BCUT2D eigenvalue weighted by Crippen LogP contribution is 2.28. The Balaban J connectivity index is 0. The molecule has 0 aliphatic heterocycles. The molecule has 27 heavy (non-hydrogen) atoms. The second-order valence-electron chi connectivity index (χ2n) is 6.10. The van der Waals surface area contributed by atoms with Gasteiger partial charge in [-0.05, 0) is 44.4 Å². The maximum Gasteiger partial charge on any atom is 0.199 e. The van der Waals surface area contributed by atoms with Crippen LogP contribution in [0.25, 0.3) is 0 Å². The minimum atomic E-state index is -5.07. The van der Waals surface area contributed by atoms with Gasteiger partial charge in [0, 0.05) is 0 Å². The Morgan fingerprint density at radius 1 is 0.926 bits per heavy atom. The maximum atomic E-state index is 10.5. The van der Waals surface area contributed by atoms with Crippen LogP contribution in [0.3, 0.4) is 0 Å². The van der Waals surface area contributed by atoms with Crippen molar-refractivity contribution in [3.05, 3.63) is 29.8 Å². The lowest BCUT2D eigenvalue weighted by molar-refractivity contribution is -0.354. The number of benzene rings is 1. The monoisotopic (exact) mass is 408 g/mol. The number of aryl methyl sites for hydroxylation is 1. The number of hydrogen-bond acceptors (Lipinski definition) is 6. The smallest absolute Gasteiger partial charge is 0.199 e. The summed E-state index contributed by atoms with van der Waals surface area (Å²) in [7, 11) is -5.07. The molecule has 2 atom stereocenters. The molecule has 0 fully saturated rings. The molecule has 1 rings (SSSR count). The molecular weight excluding hydrogens is 371 g/mol. The second kappa shape index (κ2) is 15.0. The summed E-state index contributed by atoms with van der Waals surface area (Å²) in [6.07, 6.45) is 6.74. The van der Waals surface area contributed by atoms with E-state index in [1.807, 2.05) is 24.3 Å². The topological polar surface area (TPSA) is 164 Å². The van der Waals surface area contributed by atoms with E-state index in [4.69, 9.17) is 9.47 Å². The van der Waals surface area contributed by atoms with E-state index in [2.05, 4.69) is 11.4 Å². The first-order valence-corrected chi connectivity index (χ1v) is 10.4. The van der Waals surface area contributed by atoms with Crippen molar-refractivity contribution < 1.29 is 28.3 Å². The number of unbranched alkanes of at least 4 members (excludes halogenated alkanes) is 5. The Kier molecular flexibility index (Phi) is 15.7. The van der Waals surface area contributed by atoms with Crippen molar-refractivity contribution in [3.8, 4) is 5.75 Å². The second-order valence-corrected chi connectivity index (χ2v) is 7.21. The number of phosphoric acid groups is 1. The zero-order valence-corrected chi connectivity index (χ0v) is 18.2. The van der Waals surface area contributed by atoms with E-state index < -0.39 is 20.4 Å². The minimum absolute atomic E-state index is 0. The van der Waals surface area contributed by atoms with E-state index in [0.717, 1.165) is 6.42 Å². The molecule has 0 saturated heterocycles. The summed E-state index contributed by atoms with van der Waals surface area (Å²) in [6.45, 7) is 5.14. The van der Waals surface area contributed by atoms with Crippen molar-refractivity contribution in [2.24, 2.45) is 0 Å². The van der Waals surface area contributed by atoms with Crippen LogP contribution < -0.4 is 26.8 Å². The van der Waals surface area contributed by atoms with Crippen molar-refractivity contribution in [3.63, 3.8) is 0 Å². The molecule has 160 valence electrons. The molecule has 0 spiro atoms. The third-order valence-corrected chi connectivity index (χ3v) is 4.26. The standard InChI is InChI=1S/C18H31O6P.2H3N/c1-4-5-6-7-8-9-10-17-11-13-18(14-12-17)23-15(2)22-16(3)24-25(19,20)21;;/h11-16H,4-10H2,1-3H3,(H2,19,20,21);2*1H3. The van der Waals surface area contributed by atoms with Gasteiger partial charge in [0.1, 0.15) is 5.75 Å². The summed E-state index contributed by atoms with van der Waals surface area (Å²) in [4.78, 5) is 21.0. The summed E-state index contributed by atoms with van der Waals surface area (Å²) >= 11 is 0. The van der Waals surface area contributed by atoms with Gasteiger partial charge in [0.2, 0.25) is 0 Å². The van der Waals surface area contributed by atoms with Gasteiger partial charge in [0.15, 0.2) is 12.6 Å². The number of quaternary nitrogens is 2. The number of hydrogen-bond donors (Lipinski definition) is 2. The van der Waals surface area contributed by atoms with Gasteiger partial charge in [-0.1, -0.05) is 51.2 Å². The summed E-state index contributed by atoms with van der Waals surface area (Å²) in [5, 5.41) is 0. The quantitative estimate of drug-likeness (QED) is 0.281. The summed E-state index contributed by atoms with van der Waals surface area (Å²) in [5.41, 5.74) is 1.26. The molecule has 0 radical (unpaired) electrons. The zero-order valence-electron chi connectivity index (χ0n) is 17.3. The molecule has 8 N–H and O–H groups in total. The number of rotatable bonds is 13. The first-order valence-electron chi connectivity index (χ1n) is 8.91. The van der Waals surface area contributed by atoms with Crippen LogP contribution in [0.4, 0.5) is 0 Å². The lowest BCUT2D eigenvalue weighted by atomic mass is 10.0. The fraction of sp³-hybridized carbons (Fsp3) is 0.667. The van der Waals surface area contributed by atoms with Gasteiger partial charge in [-0.3, -0.25) is 0 Å². The normalized spacial score (nSPS) is 13.2. The Morgan fingerprint density at radius 2 is 1.48 bits per heavy atom. The highest BCUT2D eigenvalue weighted by atomic mass is 31.2. The largest absolute Gasteiger partial charge is 0.790 e. The van der Waals surface area contributed by atoms with Crippen molar-refractivity contribution in [1.29, 1.82) is 0 Å². The van der Waals surface area contributed by atoms with E-state index in [1.54, 1.807) is 6.92 Å². The summed E-state index contributed by atoms with van der Waals surface area (Å²) in [6, 6.07) is 7.73. The van der Waals surface area contributed by atoms with E-state index >= 15 is 0 Å². The van der Waals surface area contributed by atoms with Gasteiger partial charge in [0.25, 0.3) is 0 Å². The van der Waals surface area contributed by atoms with Crippen molar-refractivity contribution in [2.45, 2.75) is 78.3 Å². The van der Waals surface area contributed by atoms with Gasteiger partial charge in [-0.2, -0.15) is 0 Å². The maximum absolute atomic E-state index is 10.5. The minimum Gasteiger partial charge on any atom is -0.790 e. The predicted octanol–water partition coefficient (Wildman–Crippen LogP) is 4.27. The molecule has 0 aromatic heterocycles. The van der Waals surface area contributed by atoms with Crippen LogP contribution in [-0.4, -0.2) is 12.6 Å². The molecule has 0 bridgehead atoms. The summed E-state index contributed by atoms with van der Waals surface area (Å²) in [5.74, 6) is 0.610. The average Bonchev–Trinajstić information content (AvgIpc) is 2.50. The molecule has 0 amide bonds. The van der Waals surface area contributed by atoms with E-state index in [1.165, 1.54) is 51.0 Å². The molecule has 0 aliphatic rings. The number of ether oxygens (including phenoxy) is 2. The molecule has 1 aromatic carbocycles. The van der Waals surface area contributed by atoms with Crippen LogP contribution in [0.15, 0.2) is 24.3 Å². The van der Waals surface area contributed by atoms with Crippen LogP contribution in [-0.2, 0) is 20.2 Å². The van der Waals surface area contributed by atoms with Crippen LogP contribution in [0.1, 0.15) is 64.9 Å². The zero-order chi connectivity index (χ0) is 18.7. The van der Waals surface area contributed by atoms with Crippen molar-refractivity contribution in [2.75, 3.05) is 0 Å². The fourth-order valence-corrected chi connectivity index (χ4v) is 2.95. The first kappa shape index (κ1) is 28.2. The Bertz CT molecular complexity index is 523. The van der Waals surface area contributed by atoms with Crippen molar-refractivity contribution >= 4 is 7.82 Å². The highest BCUT2D eigenvalue weighted by molar-refractivity contribution is 7.43. The van der Waals surface area contributed by atoms with Gasteiger partial charge in [-0.25, -0.2) is 0 Å². The van der Waals surface area contributed by atoms with E-state index in [-0.39, 0.29) is 12.3 Å². The lowest BCUT2D eigenvalue weighted by Crippen LogP contribution is -2.27. The lowest BCUT2D eigenvalue weighted by Gasteiger charge is -2.32. The van der Waals surface area contributed by atoms with Gasteiger partial charge < -0.3 is 40.7 Å². The van der Waals surface area contributed by atoms with Crippen LogP contribution in [0.2, 0.25) is 0 Å². The third kappa shape index (κ3) is 14.7. The SMILES string of the molecule is CCCCCCCCc1ccc(OC(C)OC(C)OP(=O)([O-])[O-])cc1.[NH4+].[NH4+]. The molecule has 0 heterocycles.